The molecule has 0 fully saturated rings. The van der Waals surface area contributed by atoms with E-state index in [-0.39, 0.29) is 0 Å². The van der Waals surface area contributed by atoms with Gasteiger partial charge in [-0.1, -0.05) is 19.9 Å². The largest absolute Gasteiger partial charge is 0.308 e. The number of aromatic nitrogens is 1. The number of hydrogen-bond donors (Lipinski definition) is 1. The molecule has 11 heavy (non-hydrogen) atoms. The van der Waals surface area contributed by atoms with Crippen molar-refractivity contribution >= 4 is 6.21 Å². The van der Waals surface area contributed by atoms with E-state index in [0.29, 0.717) is 5.92 Å². The van der Waals surface area contributed by atoms with E-state index in [9.17, 15) is 0 Å². The molecule has 0 bridgehead atoms. The van der Waals surface area contributed by atoms with Crippen LogP contribution in [0.2, 0.25) is 0 Å². The minimum Gasteiger partial charge on any atom is -0.308 e. The van der Waals surface area contributed by atoms with E-state index in [1.165, 1.54) is 6.21 Å². The zero-order valence-corrected chi connectivity index (χ0v) is 6.83. The molecule has 0 saturated heterocycles. The average molecular weight is 148 g/mol. The highest BCUT2D eigenvalue weighted by Gasteiger charge is 1.98. The monoisotopic (exact) mass is 148 g/mol. The summed E-state index contributed by atoms with van der Waals surface area (Å²) in [5.41, 5.74) is 1.94. The Morgan fingerprint density at radius 2 is 2.18 bits per heavy atom. The van der Waals surface area contributed by atoms with E-state index in [4.69, 9.17) is 5.41 Å². The topological polar surface area (TPSA) is 36.7 Å². The molecule has 0 aliphatic rings. The van der Waals surface area contributed by atoms with Crippen LogP contribution in [-0.2, 0) is 0 Å². The first kappa shape index (κ1) is 7.92. The zero-order chi connectivity index (χ0) is 8.27. The summed E-state index contributed by atoms with van der Waals surface area (Å²) >= 11 is 0. The van der Waals surface area contributed by atoms with Crippen molar-refractivity contribution in [3.63, 3.8) is 0 Å². The molecule has 2 heteroatoms. The van der Waals surface area contributed by atoms with Crippen molar-refractivity contribution in [2.75, 3.05) is 0 Å². The van der Waals surface area contributed by atoms with Gasteiger partial charge in [-0.05, 0) is 12.0 Å². The molecule has 1 aromatic heterocycles. The van der Waals surface area contributed by atoms with E-state index in [1.54, 1.807) is 6.20 Å². The summed E-state index contributed by atoms with van der Waals surface area (Å²) in [6.45, 7) is 4.21. The summed E-state index contributed by atoms with van der Waals surface area (Å²) in [5.74, 6) is 0.467. The molecule has 2 nitrogen and oxygen atoms in total. The van der Waals surface area contributed by atoms with Crippen molar-refractivity contribution in [1.82, 2.24) is 4.98 Å². The van der Waals surface area contributed by atoms with E-state index in [0.717, 1.165) is 11.3 Å². The lowest BCUT2D eigenvalue weighted by Crippen LogP contribution is -1.92. The van der Waals surface area contributed by atoms with Crippen LogP contribution >= 0.6 is 0 Å². The van der Waals surface area contributed by atoms with Gasteiger partial charge in [0.05, 0.1) is 0 Å². The number of pyridine rings is 1. The maximum Gasteiger partial charge on any atom is 0.0429 e. The predicted octanol–water partition coefficient (Wildman–Crippen LogP) is 2.20. The third kappa shape index (κ3) is 1.87. The normalized spacial score (nSPS) is 10.1. The van der Waals surface area contributed by atoms with Crippen LogP contribution in [0.3, 0.4) is 0 Å². The van der Waals surface area contributed by atoms with Crippen molar-refractivity contribution in [3.8, 4) is 0 Å². The van der Waals surface area contributed by atoms with Crippen molar-refractivity contribution in [3.05, 3.63) is 29.6 Å². The second-order valence-corrected chi connectivity index (χ2v) is 2.82. The number of nitrogens with zero attached hydrogens (tertiary/aromatic N) is 1. The lowest BCUT2D eigenvalue weighted by atomic mass is 10.1. The van der Waals surface area contributed by atoms with Crippen LogP contribution in [0.4, 0.5) is 0 Å². The molecule has 1 N–H and O–H groups in total. The quantitative estimate of drug-likeness (QED) is 0.641. The molecule has 0 radical (unpaired) electrons. The number of hydrogen-bond acceptors (Lipinski definition) is 2. The average Bonchev–Trinajstić information content (AvgIpc) is 2.05. The standard InChI is InChI=1S/C9H12N2/c1-7(2)9-4-3-8(5-10)6-11-9/h3-7,10H,1-2H3. The molecule has 0 unspecified atom stereocenters. The molecule has 0 spiro atoms. The Kier molecular flexibility index (Phi) is 2.36. The molecule has 1 aromatic rings. The Morgan fingerprint density at radius 1 is 1.45 bits per heavy atom. The number of rotatable bonds is 2. The SMILES string of the molecule is CC(C)c1ccc(C=N)cn1. The Bertz CT molecular complexity index is 236. The molecule has 0 aliphatic heterocycles. The first-order chi connectivity index (χ1) is 5.24. The first-order valence-corrected chi connectivity index (χ1v) is 3.70. The van der Waals surface area contributed by atoms with Gasteiger partial charge in [0.15, 0.2) is 0 Å². The molecule has 1 heterocycles. The molecule has 58 valence electrons. The fourth-order valence-electron chi connectivity index (χ4n) is 0.844. The zero-order valence-electron chi connectivity index (χ0n) is 6.83. The van der Waals surface area contributed by atoms with Gasteiger partial charge in [-0.15, -0.1) is 0 Å². The predicted molar refractivity (Wildman–Crippen MR) is 46.2 cm³/mol. The van der Waals surface area contributed by atoms with Gasteiger partial charge >= 0.3 is 0 Å². The van der Waals surface area contributed by atoms with Crippen molar-refractivity contribution in [2.45, 2.75) is 19.8 Å². The second-order valence-electron chi connectivity index (χ2n) is 2.82. The summed E-state index contributed by atoms with van der Waals surface area (Å²) in [4.78, 5) is 4.20. The van der Waals surface area contributed by atoms with Crippen LogP contribution in [0.25, 0.3) is 0 Å². The van der Waals surface area contributed by atoms with Crippen LogP contribution in [0.1, 0.15) is 31.0 Å². The summed E-state index contributed by atoms with van der Waals surface area (Å²) in [6, 6.07) is 3.88. The van der Waals surface area contributed by atoms with Crippen LogP contribution in [0, 0.1) is 5.41 Å². The third-order valence-electron chi connectivity index (χ3n) is 1.57. The number of nitrogens with one attached hydrogen (secondary N) is 1. The summed E-state index contributed by atoms with van der Waals surface area (Å²) in [5, 5.41) is 6.96. The van der Waals surface area contributed by atoms with Gasteiger partial charge in [-0.25, -0.2) is 0 Å². The smallest absolute Gasteiger partial charge is 0.0429 e. The fraction of sp³-hybridized carbons (Fsp3) is 0.333. The molecule has 0 saturated carbocycles. The Balaban J connectivity index is 2.91. The highest BCUT2D eigenvalue weighted by atomic mass is 14.7. The molecule has 1 rings (SSSR count). The van der Waals surface area contributed by atoms with Crippen LogP contribution in [-0.4, -0.2) is 11.2 Å². The van der Waals surface area contributed by atoms with Crippen LogP contribution in [0.15, 0.2) is 18.3 Å². The maximum absolute atomic E-state index is 6.96. The molecule has 0 atom stereocenters. The summed E-state index contributed by atoms with van der Waals surface area (Å²) < 4.78 is 0. The molecular weight excluding hydrogens is 136 g/mol. The van der Waals surface area contributed by atoms with Crippen LogP contribution in [0.5, 0.6) is 0 Å². The van der Waals surface area contributed by atoms with Crippen molar-refractivity contribution in [2.24, 2.45) is 0 Å². The Morgan fingerprint density at radius 3 is 2.55 bits per heavy atom. The second kappa shape index (κ2) is 3.28. The Hall–Kier alpha value is -1.18. The lowest BCUT2D eigenvalue weighted by molar-refractivity contribution is 0.822. The van der Waals surface area contributed by atoms with Crippen LogP contribution < -0.4 is 0 Å². The minimum atomic E-state index is 0.467. The molecule has 0 aliphatic carbocycles. The fourth-order valence-corrected chi connectivity index (χ4v) is 0.844. The van der Waals surface area contributed by atoms with E-state index < -0.39 is 0 Å². The van der Waals surface area contributed by atoms with Gasteiger partial charge < -0.3 is 5.41 Å². The first-order valence-electron chi connectivity index (χ1n) is 3.70. The van der Waals surface area contributed by atoms with E-state index in [2.05, 4.69) is 18.8 Å². The van der Waals surface area contributed by atoms with Gasteiger partial charge in [-0.3, -0.25) is 4.98 Å². The maximum atomic E-state index is 6.96. The van der Waals surface area contributed by atoms with Gasteiger partial charge in [0, 0.05) is 23.7 Å². The van der Waals surface area contributed by atoms with Gasteiger partial charge in [0.2, 0.25) is 0 Å². The van der Waals surface area contributed by atoms with Crippen molar-refractivity contribution in [1.29, 1.82) is 5.41 Å². The van der Waals surface area contributed by atoms with E-state index >= 15 is 0 Å². The summed E-state index contributed by atoms with van der Waals surface area (Å²) in [6.07, 6.45) is 3.03. The summed E-state index contributed by atoms with van der Waals surface area (Å²) in [7, 11) is 0. The molecule has 0 aromatic carbocycles. The molecular formula is C9H12N2. The van der Waals surface area contributed by atoms with Gasteiger partial charge in [0.1, 0.15) is 0 Å². The van der Waals surface area contributed by atoms with Gasteiger partial charge in [0.25, 0.3) is 0 Å². The van der Waals surface area contributed by atoms with Crippen molar-refractivity contribution < 1.29 is 0 Å². The van der Waals surface area contributed by atoms with Gasteiger partial charge in [-0.2, -0.15) is 0 Å². The van der Waals surface area contributed by atoms with E-state index in [1.807, 2.05) is 12.1 Å². The highest BCUT2D eigenvalue weighted by Crippen LogP contribution is 2.10. The third-order valence-corrected chi connectivity index (χ3v) is 1.57. The highest BCUT2D eigenvalue weighted by molar-refractivity contribution is 5.76. The lowest BCUT2D eigenvalue weighted by Gasteiger charge is -2.02. The Labute approximate surface area is 66.8 Å². The minimum absolute atomic E-state index is 0.467. The molecule has 0 amide bonds.